The molecule has 1 saturated heterocycles. The molecular weight excluding hydrogens is 151 g/mol. The Bertz CT molecular complexity index is 108. The van der Waals surface area contributed by atoms with Gasteiger partial charge in [-0.25, -0.2) is 4.39 Å². The summed E-state index contributed by atoms with van der Waals surface area (Å²) in [6.45, 7) is 0.321. The number of nitrogens with one attached hydrogen (secondary N) is 1. The average Bonchev–Trinajstić information content (AvgIpc) is 1.77. The Labute approximate surface area is 55.0 Å². The fourth-order valence-electron chi connectivity index (χ4n) is 0.565. The van der Waals surface area contributed by atoms with Crippen molar-refractivity contribution < 1.29 is 13.2 Å². The van der Waals surface area contributed by atoms with Crippen LogP contribution in [0.25, 0.3) is 0 Å². The molecule has 1 heterocycles. The van der Waals surface area contributed by atoms with E-state index in [0.29, 0.717) is 18.3 Å². The molecule has 0 aliphatic carbocycles. The van der Waals surface area contributed by atoms with E-state index < -0.39 is 11.6 Å². The first kappa shape index (κ1) is 7.21. The SMILES string of the molecule is FC1NCCSC1(F)F. The third-order valence-corrected chi connectivity index (χ3v) is 2.02. The molecule has 5 heteroatoms. The molecule has 0 amide bonds. The number of alkyl halides is 3. The van der Waals surface area contributed by atoms with Crippen LogP contribution in [0, 0.1) is 0 Å². The molecule has 0 aromatic rings. The topological polar surface area (TPSA) is 12.0 Å². The highest BCUT2D eigenvalue weighted by Crippen LogP contribution is 2.35. The smallest absolute Gasteiger partial charge is 0.281 e. The van der Waals surface area contributed by atoms with Gasteiger partial charge in [-0.2, -0.15) is 8.78 Å². The van der Waals surface area contributed by atoms with Gasteiger partial charge in [0.05, 0.1) is 0 Å². The molecule has 1 atom stereocenters. The van der Waals surface area contributed by atoms with Crippen LogP contribution in [0.2, 0.25) is 0 Å². The molecule has 0 bridgehead atoms. The van der Waals surface area contributed by atoms with E-state index in [1.165, 1.54) is 0 Å². The molecule has 1 N–H and O–H groups in total. The first-order chi connectivity index (χ1) is 4.13. The summed E-state index contributed by atoms with van der Waals surface area (Å²) in [6, 6.07) is 0. The summed E-state index contributed by atoms with van der Waals surface area (Å²) < 4.78 is 36.3. The van der Waals surface area contributed by atoms with Gasteiger partial charge in [-0.3, -0.25) is 5.32 Å². The lowest BCUT2D eigenvalue weighted by molar-refractivity contribution is -0.00595. The molecule has 1 fully saturated rings. The molecule has 1 aliphatic heterocycles. The first-order valence-corrected chi connectivity index (χ1v) is 3.51. The molecule has 1 rings (SSSR count). The Morgan fingerprint density at radius 1 is 1.56 bits per heavy atom. The number of rotatable bonds is 0. The Morgan fingerprint density at radius 2 is 2.22 bits per heavy atom. The van der Waals surface area contributed by atoms with E-state index in [9.17, 15) is 13.2 Å². The van der Waals surface area contributed by atoms with Gasteiger partial charge in [-0.1, -0.05) is 11.8 Å². The maximum absolute atomic E-state index is 12.1. The van der Waals surface area contributed by atoms with Crippen molar-refractivity contribution >= 4 is 11.8 Å². The van der Waals surface area contributed by atoms with Gasteiger partial charge in [0, 0.05) is 12.3 Å². The van der Waals surface area contributed by atoms with Crippen LogP contribution in [0.3, 0.4) is 0 Å². The van der Waals surface area contributed by atoms with Crippen LogP contribution in [-0.2, 0) is 0 Å². The van der Waals surface area contributed by atoms with Crippen molar-refractivity contribution in [3.05, 3.63) is 0 Å². The van der Waals surface area contributed by atoms with Gasteiger partial charge in [0.15, 0.2) is 0 Å². The van der Waals surface area contributed by atoms with E-state index in [4.69, 9.17) is 0 Å². The van der Waals surface area contributed by atoms with Crippen molar-refractivity contribution in [2.75, 3.05) is 12.3 Å². The minimum atomic E-state index is -3.22. The van der Waals surface area contributed by atoms with Crippen LogP contribution < -0.4 is 5.32 Å². The van der Waals surface area contributed by atoms with Crippen molar-refractivity contribution in [2.24, 2.45) is 0 Å². The molecule has 9 heavy (non-hydrogen) atoms. The Balaban J connectivity index is 2.49. The molecule has 54 valence electrons. The predicted molar refractivity (Wildman–Crippen MR) is 30.3 cm³/mol. The van der Waals surface area contributed by atoms with E-state index in [0.717, 1.165) is 0 Å². The van der Waals surface area contributed by atoms with Gasteiger partial charge in [0.2, 0.25) is 6.30 Å². The number of hydrogen-bond acceptors (Lipinski definition) is 2. The maximum atomic E-state index is 12.1. The van der Waals surface area contributed by atoms with Crippen LogP contribution in [0.1, 0.15) is 0 Å². The van der Waals surface area contributed by atoms with Gasteiger partial charge in [-0.15, -0.1) is 0 Å². The number of hydrogen-bond donors (Lipinski definition) is 1. The number of halogens is 3. The lowest BCUT2D eigenvalue weighted by Gasteiger charge is -2.25. The Hall–Kier alpha value is 0.1000. The average molecular weight is 157 g/mol. The molecule has 0 aromatic heterocycles. The third-order valence-electron chi connectivity index (χ3n) is 1.02. The summed E-state index contributed by atoms with van der Waals surface area (Å²) in [5.74, 6) is 0.271. The fraction of sp³-hybridized carbons (Fsp3) is 1.00. The lowest BCUT2D eigenvalue weighted by Crippen LogP contribution is -2.45. The van der Waals surface area contributed by atoms with Crippen LogP contribution in [0.15, 0.2) is 0 Å². The van der Waals surface area contributed by atoms with Crippen LogP contribution in [0.4, 0.5) is 13.2 Å². The van der Waals surface area contributed by atoms with Crippen LogP contribution in [-0.4, -0.2) is 23.8 Å². The molecule has 1 unspecified atom stereocenters. The third kappa shape index (κ3) is 1.52. The molecular formula is C4H6F3NS. The zero-order valence-electron chi connectivity index (χ0n) is 4.53. The summed E-state index contributed by atoms with van der Waals surface area (Å²) in [6.07, 6.45) is -2.17. The standard InChI is InChI=1S/C4H6F3NS/c5-3-4(6,7)9-2-1-8-3/h3,8H,1-2H2. The summed E-state index contributed by atoms with van der Waals surface area (Å²) in [5, 5.41) is -1.19. The summed E-state index contributed by atoms with van der Waals surface area (Å²) in [4.78, 5) is 0. The maximum Gasteiger partial charge on any atom is 0.337 e. The van der Waals surface area contributed by atoms with E-state index in [1.807, 2.05) is 5.32 Å². The fourth-order valence-corrected chi connectivity index (χ4v) is 1.29. The lowest BCUT2D eigenvalue weighted by atomic mass is 10.5. The molecule has 0 aromatic carbocycles. The van der Waals surface area contributed by atoms with Gasteiger partial charge in [-0.05, 0) is 0 Å². The van der Waals surface area contributed by atoms with E-state index >= 15 is 0 Å². The predicted octanol–water partition coefficient (Wildman–Crippen LogP) is 1.21. The van der Waals surface area contributed by atoms with Gasteiger partial charge < -0.3 is 0 Å². The van der Waals surface area contributed by atoms with Crippen molar-refractivity contribution in [2.45, 2.75) is 11.6 Å². The molecule has 0 spiro atoms. The highest BCUT2D eigenvalue weighted by Gasteiger charge is 2.42. The quantitative estimate of drug-likeness (QED) is 0.530. The van der Waals surface area contributed by atoms with Gasteiger partial charge in [0.1, 0.15) is 0 Å². The monoisotopic (exact) mass is 157 g/mol. The Morgan fingerprint density at radius 3 is 2.56 bits per heavy atom. The normalized spacial score (nSPS) is 34.3. The highest BCUT2D eigenvalue weighted by molar-refractivity contribution is 8.00. The number of thioether (sulfide) groups is 1. The van der Waals surface area contributed by atoms with Gasteiger partial charge >= 0.3 is 5.25 Å². The molecule has 1 aliphatic rings. The van der Waals surface area contributed by atoms with E-state index in [2.05, 4.69) is 0 Å². The van der Waals surface area contributed by atoms with Crippen molar-refractivity contribution in [1.82, 2.24) is 5.32 Å². The van der Waals surface area contributed by atoms with Crippen molar-refractivity contribution in [3.63, 3.8) is 0 Å². The summed E-state index contributed by atoms with van der Waals surface area (Å²) in [7, 11) is 0. The minimum absolute atomic E-state index is 0.271. The second-order valence-electron chi connectivity index (χ2n) is 1.73. The Kier molecular flexibility index (Phi) is 1.91. The van der Waals surface area contributed by atoms with Crippen LogP contribution in [0.5, 0.6) is 0 Å². The summed E-state index contributed by atoms with van der Waals surface area (Å²) in [5.41, 5.74) is 0. The zero-order chi connectivity index (χ0) is 6.91. The van der Waals surface area contributed by atoms with E-state index in [-0.39, 0.29) is 5.75 Å². The first-order valence-electron chi connectivity index (χ1n) is 2.52. The largest absolute Gasteiger partial charge is 0.337 e. The van der Waals surface area contributed by atoms with Gasteiger partial charge in [0.25, 0.3) is 0 Å². The zero-order valence-corrected chi connectivity index (χ0v) is 5.35. The van der Waals surface area contributed by atoms with Crippen molar-refractivity contribution in [1.29, 1.82) is 0 Å². The van der Waals surface area contributed by atoms with Crippen molar-refractivity contribution in [3.8, 4) is 0 Å². The second-order valence-corrected chi connectivity index (χ2v) is 2.97. The van der Waals surface area contributed by atoms with Crippen LogP contribution >= 0.6 is 11.8 Å². The van der Waals surface area contributed by atoms with E-state index in [1.54, 1.807) is 0 Å². The molecule has 0 radical (unpaired) electrons. The molecule has 1 nitrogen and oxygen atoms in total. The minimum Gasteiger partial charge on any atom is -0.281 e. The highest BCUT2D eigenvalue weighted by atomic mass is 32.2. The second kappa shape index (κ2) is 2.38. The summed E-state index contributed by atoms with van der Waals surface area (Å²) >= 11 is 0.358. The molecule has 0 saturated carbocycles.